The molecule has 92 valence electrons. The first-order chi connectivity index (χ1) is 8.83. The number of carbonyl (C=O) groups excluding carboxylic acids is 1. The van der Waals surface area contributed by atoms with Crippen molar-refractivity contribution in [3.63, 3.8) is 0 Å². The van der Waals surface area contributed by atoms with Gasteiger partial charge in [0, 0.05) is 0 Å². The molecular formula is C15H14O3. The maximum Gasteiger partial charge on any atom is 0.153 e. The Morgan fingerprint density at radius 2 is 1.67 bits per heavy atom. The van der Waals surface area contributed by atoms with Crippen LogP contribution in [0.15, 0.2) is 48.5 Å². The number of benzene rings is 2. The zero-order valence-corrected chi connectivity index (χ0v) is 10.1. The molecule has 0 N–H and O–H groups in total. The standard InChI is InChI=1S/C15H14O3/c1-2-17-13-7-9-14(10-8-13)18-15-6-4-3-5-12(15)11-16/h3-11H,2H2,1H3. The molecule has 0 aliphatic rings. The lowest BCUT2D eigenvalue weighted by Gasteiger charge is -2.08. The summed E-state index contributed by atoms with van der Waals surface area (Å²) in [6.07, 6.45) is 0.782. The smallest absolute Gasteiger partial charge is 0.153 e. The lowest BCUT2D eigenvalue weighted by atomic mass is 10.2. The molecule has 0 radical (unpaired) electrons. The van der Waals surface area contributed by atoms with Crippen LogP contribution in [0.4, 0.5) is 0 Å². The molecule has 0 amide bonds. The van der Waals surface area contributed by atoms with Gasteiger partial charge in [-0.25, -0.2) is 0 Å². The molecule has 18 heavy (non-hydrogen) atoms. The third kappa shape index (κ3) is 2.88. The molecule has 3 nitrogen and oxygen atoms in total. The molecule has 2 aromatic rings. The van der Waals surface area contributed by atoms with Gasteiger partial charge < -0.3 is 9.47 Å². The number of para-hydroxylation sites is 1. The number of ether oxygens (including phenoxy) is 2. The zero-order valence-electron chi connectivity index (χ0n) is 10.1. The van der Waals surface area contributed by atoms with Crippen LogP contribution in [-0.4, -0.2) is 12.9 Å². The van der Waals surface area contributed by atoms with E-state index in [9.17, 15) is 4.79 Å². The van der Waals surface area contributed by atoms with E-state index in [0.29, 0.717) is 23.7 Å². The number of hydrogen-bond acceptors (Lipinski definition) is 3. The quantitative estimate of drug-likeness (QED) is 0.750. The van der Waals surface area contributed by atoms with Crippen LogP contribution < -0.4 is 9.47 Å². The maximum absolute atomic E-state index is 10.9. The van der Waals surface area contributed by atoms with Crippen LogP contribution in [0, 0.1) is 0 Å². The Morgan fingerprint density at radius 1 is 1.00 bits per heavy atom. The Labute approximate surface area is 106 Å². The summed E-state index contributed by atoms with van der Waals surface area (Å²) in [5, 5.41) is 0. The maximum atomic E-state index is 10.9. The van der Waals surface area contributed by atoms with Crippen molar-refractivity contribution in [1.29, 1.82) is 0 Å². The minimum Gasteiger partial charge on any atom is -0.494 e. The van der Waals surface area contributed by atoms with Crippen molar-refractivity contribution < 1.29 is 14.3 Å². The van der Waals surface area contributed by atoms with Crippen LogP contribution in [0.25, 0.3) is 0 Å². The van der Waals surface area contributed by atoms with E-state index in [1.165, 1.54) is 0 Å². The Balaban J connectivity index is 2.15. The second-order valence-electron chi connectivity index (χ2n) is 3.66. The van der Waals surface area contributed by atoms with Gasteiger partial charge in [-0.2, -0.15) is 0 Å². The van der Waals surface area contributed by atoms with Crippen LogP contribution >= 0.6 is 0 Å². The largest absolute Gasteiger partial charge is 0.494 e. The fourth-order valence-corrected chi connectivity index (χ4v) is 1.57. The molecule has 0 spiro atoms. The monoisotopic (exact) mass is 242 g/mol. The molecule has 0 aliphatic heterocycles. The van der Waals surface area contributed by atoms with Crippen molar-refractivity contribution >= 4 is 6.29 Å². The van der Waals surface area contributed by atoms with E-state index >= 15 is 0 Å². The predicted octanol–water partition coefficient (Wildman–Crippen LogP) is 3.69. The third-order valence-corrected chi connectivity index (χ3v) is 2.41. The van der Waals surface area contributed by atoms with Gasteiger partial charge in [-0.1, -0.05) is 12.1 Å². The van der Waals surface area contributed by atoms with Crippen LogP contribution in [0.2, 0.25) is 0 Å². The summed E-state index contributed by atoms with van der Waals surface area (Å²) in [4.78, 5) is 10.9. The van der Waals surface area contributed by atoms with Crippen LogP contribution in [-0.2, 0) is 0 Å². The molecule has 0 bridgehead atoms. The lowest BCUT2D eigenvalue weighted by molar-refractivity contribution is 0.112. The van der Waals surface area contributed by atoms with Crippen molar-refractivity contribution in [3.05, 3.63) is 54.1 Å². The summed E-state index contributed by atoms with van der Waals surface area (Å²) in [6.45, 7) is 2.57. The first kappa shape index (κ1) is 12.2. The number of hydrogen-bond donors (Lipinski definition) is 0. The average Bonchev–Trinajstić information content (AvgIpc) is 2.42. The van der Waals surface area contributed by atoms with Crippen molar-refractivity contribution in [2.75, 3.05) is 6.61 Å². The average molecular weight is 242 g/mol. The summed E-state index contributed by atoms with van der Waals surface area (Å²) in [7, 11) is 0. The molecule has 0 unspecified atom stereocenters. The first-order valence-electron chi connectivity index (χ1n) is 5.78. The van der Waals surface area contributed by atoms with Gasteiger partial charge in [-0.3, -0.25) is 4.79 Å². The van der Waals surface area contributed by atoms with E-state index in [0.717, 1.165) is 12.0 Å². The topological polar surface area (TPSA) is 35.5 Å². The van der Waals surface area contributed by atoms with Crippen LogP contribution in [0.3, 0.4) is 0 Å². The van der Waals surface area contributed by atoms with E-state index in [1.54, 1.807) is 18.2 Å². The number of rotatable bonds is 5. The summed E-state index contributed by atoms with van der Waals surface area (Å²) in [5.41, 5.74) is 0.534. The normalized spacial score (nSPS) is 9.83. The lowest BCUT2D eigenvalue weighted by Crippen LogP contribution is -1.92. The Bertz CT molecular complexity index is 518. The summed E-state index contributed by atoms with van der Waals surface area (Å²) < 4.78 is 11.0. The highest BCUT2D eigenvalue weighted by molar-refractivity contribution is 5.79. The second kappa shape index (κ2) is 5.87. The molecule has 0 atom stereocenters. The van der Waals surface area contributed by atoms with Gasteiger partial charge in [0.25, 0.3) is 0 Å². The first-order valence-corrected chi connectivity index (χ1v) is 5.78. The summed E-state index contributed by atoms with van der Waals surface area (Å²) in [6, 6.07) is 14.4. The van der Waals surface area contributed by atoms with Crippen molar-refractivity contribution in [2.45, 2.75) is 6.92 Å². The van der Waals surface area contributed by atoms with E-state index in [4.69, 9.17) is 9.47 Å². The molecule has 0 fully saturated rings. The highest BCUT2D eigenvalue weighted by Gasteiger charge is 2.03. The van der Waals surface area contributed by atoms with Gasteiger partial charge in [-0.15, -0.1) is 0 Å². The van der Waals surface area contributed by atoms with E-state index in [2.05, 4.69) is 0 Å². The van der Waals surface area contributed by atoms with Gasteiger partial charge in [0.05, 0.1) is 12.2 Å². The molecule has 0 saturated heterocycles. The second-order valence-corrected chi connectivity index (χ2v) is 3.66. The van der Waals surface area contributed by atoms with Gasteiger partial charge in [-0.05, 0) is 43.3 Å². The Morgan fingerprint density at radius 3 is 2.33 bits per heavy atom. The van der Waals surface area contributed by atoms with Crippen molar-refractivity contribution in [2.24, 2.45) is 0 Å². The fraction of sp³-hybridized carbons (Fsp3) is 0.133. The zero-order chi connectivity index (χ0) is 12.8. The van der Waals surface area contributed by atoms with Gasteiger partial charge in [0.15, 0.2) is 6.29 Å². The number of aldehydes is 1. The van der Waals surface area contributed by atoms with Gasteiger partial charge in [0.1, 0.15) is 17.2 Å². The van der Waals surface area contributed by atoms with E-state index in [1.807, 2.05) is 37.3 Å². The Hall–Kier alpha value is -2.29. The Kier molecular flexibility index (Phi) is 3.97. The molecule has 0 aromatic heterocycles. The molecule has 3 heteroatoms. The van der Waals surface area contributed by atoms with Crippen molar-refractivity contribution in [1.82, 2.24) is 0 Å². The molecule has 0 heterocycles. The minimum atomic E-state index is 0.534. The number of carbonyl (C=O) groups is 1. The highest BCUT2D eigenvalue weighted by Crippen LogP contribution is 2.25. The predicted molar refractivity (Wildman–Crippen MR) is 69.5 cm³/mol. The van der Waals surface area contributed by atoms with Gasteiger partial charge in [0.2, 0.25) is 0 Å². The van der Waals surface area contributed by atoms with Gasteiger partial charge >= 0.3 is 0 Å². The summed E-state index contributed by atoms with van der Waals surface area (Å²) in [5.74, 6) is 2.03. The third-order valence-electron chi connectivity index (χ3n) is 2.41. The van der Waals surface area contributed by atoms with Crippen LogP contribution in [0.1, 0.15) is 17.3 Å². The van der Waals surface area contributed by atoms with E-state index in [-0.39, 0.29) is 0 Å². The molecular weight excluding hydrogens is 228 g/mol. The van der Waals surface area contributed by atoms with Crippen LogP contribution in [0.5, 0.6) is 17.2 Å². The fourth-order valence-electron chi connectivity index (χ4n) is 1.57. The van der Waals surface area contributed by atoms with E-state index < -0.39 is 0 Å². The SMILES string of the molecule is CCOc1ccc(Oc2ccccc2C=O)cc1. The summed E-state index contributed by atoms with van der Waals surface area (Å²) >= 11 is 0. The molecule has 0 saturated carbocycles. The highest BCUT2D eigenvalue weighted by atomic mass is 16.5. The molecule has 2 rings (SSSR count). The molecule has 0 aliphatic carbocycles. The minimum absolute atomic E-state index is 0.534. The van der Waals surface area contributed by atoms with Crippen molar-refractivity contribution in [3.8, 4) is 17.2 Å². The molecule has 2 aromatic carbocycles.